The third kappa shape index (κ3) is 3.61. The molecule has 130 valence electrons. The summed E-state index contributed by atoms with van der Waals surface area (Å²) in [4.78, 5) is 31.9. The molecule has 0 aliphatic carbocycles. The molecule has 6 nitrogen and oxygen atoms in total. The Hall–Kier alpha value is -2.54. The number of amides is 1. The number of benzene rings is 1. The maximum absolute atomic E-state index is 12.5. The van der Waals surface area contributed by atoms with Gasteiger partial charge in [-0.1, -0.05) is 18.2 Å². The number of H-pyrrole nitrogens is 1. The van der Waals surface area contributed by atoms with Gasteiger partial charge < -0.3 is 15.0 Å². The number of carbonyl (C=O) groups is 2. The fourth-order valence-electron chi connectivity index (χ4n) is 2.73. The zero-order valence-electron chi connectivity index (χ0n) is 14.0. The SMILES string of the molecule is COC(=O)C(CCSC)NC(=O)c1cc2c(cn1)[nH]c1ccccc12. The van der Waals surface area contributed by atoms with Crippen LogP contribution < -0.4 is 5.32 Å². The maximum atomic E-state index is 12.5. The standard InChI is InChI=1S/C18H19N3O3S/c1-24-18(23)14(7-8-25-2)21-17(22)15-9-12-11-5-3-4-6-13(11)20-16(12)10-19-15/h3-6,9-10,14,20H,7-8H2,1-2H3,(H,21,22). The van der Waals surface area contributed by atoms with Crippen molar-refractivity contribution in [2.45, 2.75) is 12.5 Å². The van der Waals surface area contributed by atoms with Crippen molar-refractivity contribution >= 4 is 45.4 Å². The first kappa shape index (κ1) is 17.3. The Morgan fingerprint density at radius 2 is 2.08 bits per heavy atom. The number of nitrogens with one attached hydrogen (secondary N) is 2. The van der Waals surface area contributed by atoms with Gasteiger partial charge in [0.25, 0.3) is 5.91 Å². The number of aromatic nitrogens is 2. The molecule has 2 N–H and O–H groups in total. The van der Waals surface area contributed by atoms with Crippen molar-refractivity contribution in [2.75, 3.05) is 19.1 Å². The molecule has 0 radical (unpaired) electrons. The molecule has 3 rings (SSSR count). The smallest absolute Gasteiger partial charge is 0.328 e. The summed E-state index contributed by atoms with van der Waals surface area (Å²) in [5.41, 5.74) is 2.13. The average Bonchev–Trinajstić information content (AvgIpc) is 3.02. The second-order valence-corrected chi connectivity index (χ2v) is 6.60. The van der Waals surface area contributed by atoms with Gasteiger partial charge in [-0.3, -0.25) is 4.79 Å². The van der Waals surface area contributed by atoms with Gasteiger partial charge in [0.15, 0.2) is 0 Å². The van der Waals surface area contributed by atoms with Crippen LogP contribution in [-0.4, -0.2) is 47.0 Å². The quantitative estimate of drug-likeness (QED) is 0.663. The third-order valence-electron chi connectivity index (χ3n) is 4.02. The summed E-state index contributed by atoms with van der Waals surface area (Å²) in [6.07, 6.45) is 4.09. The molecule has 0 aliphatic heterocycles. The molecule has 0 bridgehead atoms. The Bertz CT molecular complexity index is 922. The van der Waals surface area contributed by atoms with E-state index in [9.17, 15) is 9.59 Å². The largest absolute Gasteiger partial charge is 0.467 e. The predicted octanol–water partition coefficient (Wildman–Crippen LogP) is 2.74. The minimum absolute atomic E-state index is 0.273. The number of thioether (sulfide) groups is 1. The molecule has 3 aromatic rings. The average molecular weight is 357 g/mol. The van der Waals surface area contributed by atoms with E-state index < -0.39 is 12.0 Å². The van der Waals surface area contributed by atoms with Gasteiger partial charge in [0, 0.05) is 16.3 Å². The first-order valence-corrected chi connectivity index (χ1v) is 9.27. The summed E-state index contributed by atoms with van der Waals surface area (Å²) < 4.78 is 4.77. The van der Waals surface area contributed by atoms with E-state index in [4.69, 9.17) is 4.74 Å². The van der Waals surface area contributed by atoms with Crippen LogP contribution in [0.5, 0.6) is 0 Å². The molecule has 0 saturated heterocycles. The van der Waals surface area contributed by atoms with Gasteiger partial charge in [0.1, 0.15) is 11.7 Å². The van der Waals surface area contributed by atoms with E-state index in [0.29, 0.717) is 6.42 Å². The lowest BCUT2D eigenvalue weighted by Gasteiger charge is -2.15. The number of methoxy groups -OCH3 is 1. The Balaban J connectivity index is 1.88. The highest BCUT2D eigenvalue weighted by molar-refractivity contribution is 7.98. The van der Waals surface area contributed by atoms with Crippen molar-refractivity contribution in [1.29, 1.82) is 0 Å². The normalized spacial score (nSPS) is 12.2. The van der Waals surface area contributed by atoms with E-state index >= 15 is 0 Å². The number of fused-ring (bicyclic) bond motifs is 3. The number of ether oxygens (including phenoxy) is 1. The second kappa shape index (κ2) is 7.57. The monoisotopic (exact) mass is 357 g/mol. The number of hydrogen-bond acceptors (Lipinski definition) is 5. The molecule has 0 fully saturated rings. The zero-order valence-corrected chi connectivity index (χ0v) is 14.9. The first-order chi connectivity index (χ1) is 12.1. The Labute approximate surface area is 149 Å². The molecule has 7 heteroatoms. The van der Waals surface area contributed by atoms with Crippen LogP contribution in [0.4, 0.5) is 0 Å². The Kier molecular flexibility index (Phi) is 5.23. The summed E-state index contributed by atoms with van der Waals surface area (Å²) in [7, 11) is 1.32. The fraction of sp³-hybridized carbons (Fsp3) is 0.278. The number of hydrogen-bond donors (Lipinski definition) is 2. The lowest BCUT2D eigenvalue weighted by atomic mass is 10.1. The summed E-state index contributed by atoms with van der Waals surface area (Å²) in [6.45, 7) is 0. The highest BCUT2D eigenvalue weighted by atomic mass is 32.2. The number of nitrogens with zero attached hydrogens (tertiary/aromatic N) is 1. The molecular formula is C18H19N3O3S. The molecular weight excluding hydrogens is 338 g/mol. The molecule has 0 saturated carbocycles. The van der Waals surface area contributed by atoms with E-state index in [2.05, 4.69) is 15.3 Å². The summed E-state index contributed by atoms with van der Waals surface area (Å²) in [6, 6.07) is 8.94. The van der Waals surface area contributed by atoms with Crippen molar-refractivity contribution in [2.24, 2.45) is 0 Å². The van der Waals surface area contributed by atoms with Crippen LogP contribution in [-0.2, 0) is 9.53 Å². The number of pyridine rings is 1. The molecule has 0 aliphatic rings. The van der Waals surface area contributed by atoms with E-state index in [0.717, 1.165) is 27.6 Å². The lowest BCUT2D eigenvalue weighted by molar-refractivity contribution is -0.142. The van der Waals surface area contributed by atoms with Gasteiger partial charge in [-0.2, -0.15) is 11.8 Å². The molecule has 25 heavy (non-hydrogen) atoms. The van der Waals surface area contributed by atoms with Crippen molar-refractivity contribution in [3.05, 3.63) is 42.2 Å². The Morgan fingerprint density at radius 3 is 2.84 bits per heavy atom. The number of esters is 1. The van der Waals surface area contributed by atoms with Gasteiger partial charge in [-0.15, -0.1) is 0 Å². The zero-order chi connectivity index (χ0) is 17.8. The van der Waals surface area contributed by atoms with Gasteiger partial charge in [0.05, 0.1) is 18.8 Å². The second-order valence-electron chi connectivity index (χ2n) is 5.62. The Morgan fingerprint density at radius 1 is 1.28 bits per heavy atom. The predicted molar refractivity (Wildman–Crippen MR) is 99.9 cm³/mol. The van der Waals surface area contributed by atoms with Crippen molar-refractivity contribution in [3.63, 3.8) is 0 Å². The number of aromatic amines is 1. The molecule has 1 aromatic carbocycles. The van der Waals surface area contributed by atoms with Crippen LogP contribution in [0.3, 0.4) is 0 Å². The molecule has 2 aromatic heterocycles. The van der Waals surface area contributed by atoms with Crippen LogP contribution in [0.2, 0.25) is 0 Å². The number of para-hydroxylation sites is 1. The summed E-state index contributed by atoms with van der Waals surface area (Å²) >= 11 is 1.61. The summed E-state index contributed by atoms with van der Waals surface area (Å²) in [5, 5.41) is 4.68. The minimum Gasteiger partial charge on any atom is -0.467 e. The minimum atomic E-state index is -0.676. The van der Waals surface area contributed by atoms with Crippen molar-refractivity contribution in [3.8, 4) is 0 Å². The van der Waals surface area contributed by atoms with Gasteiger partial charge >= 0.3 is 5.97 Å². The first-order valence-electron chi connectivity index (χ1n) is 7.88. The van der Waals surface area contributed by atoms with E-state index in [1.807, 2.05) is 30.5 Å². The van der Waals surface area contributed by atoms with Gasteiger partial charge in [-0.25, -0.2) is 9.78 Å². The molecule has 0 spiro atoms. The highest BCUT2D eigenvalue weighted by Gasteiger charge is 2.22. The van der Waals surface area contributed by atoms with Crippen molar-refractivity contribution < 1.29 is 14.3 Å². The van der Waals surface area contributed by atoms with Crippen LogP contribution in [0.1, 0.15) is 16.9 Å². The molecule has 1 amide bonds. The third-order valence-corrected chi connectivity index (χ3v) is 4.67. The van der Waals surface area contributed by atoms with Crippen LogP contribution in [0, 0.1) is 0 Å². The topological polar surface area (TPSA) is 84.1 Å². The number of rotatable bonds is 6. The van der Waals surface area contributed by atoms with Crippen LogP contribution >= 0.6 is 11.8 Å². The van der Waals surface area contributed by atoms with Crippen LogP contribution in [0.15, 0.2) is 36.5 Å². The highest BCUT2D eigenvalue weighted by Crippen LogP contribution is 2.25. The number of carbonyl (C=O) groups excluding carboxylic acids is 2. The maximum Gasteiger partial charge on any atom is 0.328 e. The van der Waals surface area contributed by atoms with E-state index in [1.54, 1.807) is 24.0 Å². The lowest BCUT2D eigenvalue weighted by Crippen LogP contribution is -2.42. The summed E-state index contributed by atoms with van der Waals surface area (Å²) in [5.74, 6) is -0.0890. The van der Waals surface area contributed by atoms with E-state index in [1.165, 1.54) is 7.11 Å². The van der Waals surface area contributed by atoms with E-state index in [-0.39, 0.29) is 11.6 Å². The molecule has 1 atom stereocenters. The van der Waals surface area contributed by atoms with Gasteiger partial charge in [0.2, 0.25) is 0 Å². The fourth-order valence-corrected chi connectivity index (χ4v) is 3.20. The molecule has 1 unspecified atom stereocenters. The molecule has 2 heterocycles. The van der Waals surface area contributed by atoms with Crippen molar-refractivity contribution in [1.82, 2.24) is 15.3 Å². The van der Waals surface area contributed by atoms with Crippen LogP contribution in [0.25, 0.3) is 21.8 Å². The van der Waals surface area contributed by atoms with Gasteiger partial charge in [-0.05, 0) is 30.6 Å².